The molecule has 0 saturated carbocycles. The lowest BCUT2D eigenvalue weighted by Crippen LogP contribution is -2.54. The summed E-state index contributed by atoms with van der Waals surface area (Å²) in [5.41, 5.74) is -0.500. The highest BCUT2D eigenvalue weighted by Crippen LogP contribution is 2.18. The molecule has 1 aliphatic rings. The highest BCUT2D eigenvalue weighted by molar-refractivity contribution is 5.76. The average molecular weight is 256 g/mol. The van der Waals surface area contributed by atoms with Crippen LogP contribution in [0.5, 0.6) is 0 Å². The molecule has 1 amide bonds. The van der Waals surface area contributed by atoms with E-state index >= 15 is 0 Å². The highest BCUT2D eigenvalue weighted by Gasteiger charge is 2.31. The van der Waals surface area contributed by atoms with E-state index in [4.69, 9.17) is 4.84 Å². The van der Waals surface area contributed by atoms with Gasteiger partial charge < -0.3 is 9.74 Å². The Bertz CT molecular complexity index is 323. The Kier molecular flexibility index (Phi) is 4.73. The van der Waals surface area contributed by atoms with Gasteiger partial charge in [-0.3, -0.25) is 4.79 Å². The lowest BCUT2D eigenvalue weighted by Gasteiger charge is -2.39. The predicted octanol–water partition coefficient (Wildman–Crippen LogP) is 1.43. The van der Waals surface area contributed by atoms with E-state index in [0.29, 0.717) is 26.1 Å². The fourth-order valence-corrected chi connectivity index (χ4v) is 1.83. The van der Waals surface area contributed by atoms with Crippen molar-refractivity contribution in [3.63, 3.8) is 0 Å². The molecule has 1 rings (SSSR count). The van der Waals surface area contributed by atoms with Crippen molar-refractivity contribution in [3.8, 4) is 0 Å². The van der Waals surface area contributed by atoms with Gasteiger partial charge in [0.15, 0.2) is 0 Å². The number of nitrogens with zero attached hydrogens (tertiary/aromatic N) is 2. The smallest absolute Gasteiger partial charge is 0.330 e. The number of hydroxylamine groups is 2. The van der Waals surface area contributed by atoms with Crippen LogP contribution in [0.2, 0.25) is 0 Å². The Morgan fingerprint density at radius 2 is 1.89 bits per heavy atom. The zero-order valence-corrected chi connectivity index (χ0v) is 12.0. The Labute approximate surface area is 109 Å². The van der Waals surface area contributed by atoms with Gasteiger partial charge in [0.1, 0.15) is 0 Å². The lowest BCUT2D eigenvalue weighted by molar-refractivity contribution is -0.210. The number of rotatable bonds is 2. The van der Waals surface area contributed by atoms with Gasteiger partial charge >= 0.3 is 5.97 Å². The number of hydrogen-bond acceptors (Lipinski definition) is 4. The summed E-state index contributed by atoms with van der Waals surface area (Å²) in [6.45, 7) is 11.1. The molecule has 0 aromatic rings. The molecule has 0 radical (unpaired) electrons. The molecule has 0 unspecified atom stereocenters. The van der Waals surface area contributed by atoms with Gasteiger partial charge in [0.25, 0.3) is 0 Å². The lowest BCUT2D eigenvalue weighted by atomic mass is 9.98. The first kappa shape index (κ1) is 15.0. The fraction of sp³-hybridized carbons (Fsp3) is 0.846. The van der Waals surface area contributed by atoms with Crippen LogP contribution in [0, 0.1) is 5.41 Å². The molecule has 1 heterocycles. The van der Waals surface area contributed by atoms with Gasteiger partial charge in [-0.2, -0.15) is 0 Å². The summed E-state index contributed by atoms with van der Waals surface area (Å²) in [5.74, 6) is -0.0748. The molecule has 1 fully saturated rings. The van der Waals surface area contributed by atoms with Gasteiger partial charge in [0.05, 0.1) is 18.5 Å². The van der Waals surface area contributed by atoms with E-state index in [2.05, 4.69) is 0 Å². The number of carbonyl (C=O) groups excluding carboxylic acids is 2. The molecular formula is C13H24N2O3. The van der Waals surface area contributed by atoms with E-state index in [1.54, 1.807) is 5.06 Å². The van der Waals surface area contributed by atoms with Crippen LogP contribution in [0.15, 0.2) is 0 Å². The molecule has 0 aliphatic carbocycles. The molecule has 0 N–H and O–H groups in total. The zero-order valence-electron chi connectivity index (χ0n) is 12.0. The first-order chi connectivity index (χ1) is 8.25. The second-order valence-corrected chi connectivity index (χ2v) is 5.81. The maximum absolute atomic E-state index is 11.8. The standard InChI is InChI=1S/C13H24N2O3/c1-6-11(16)15-8-7-14(9-10(15)2)18-12(17)13(3,4)5/h10H,6-9H2,1-5H3/t10-/m1/s1. The quantitative estimate of drug-likeness (QED) is 0.750. The Morgan fingerprint density at radius 3 is 2.33 bits per heavy atom. The number of hydrogen-bond donors (Lipinski definition) is 0. The molecule has 0 aromatic heterocycles. The van der Waals surface area contributed by atoms with Crippen LogP contribution >= 0.6 is 0 Å². The molecule has 1 aliphatic heterocycles. The monoisotopic (exact) mass is 256 g/mol. The van der Waals surface area contributed by atoms with Crippen LogP contribution in [-0.4, -0.2) is 47.5 Å². The van der Waals surface area contributed by atoms with E-state index < -0.39 is 5.41 Å². The minimum Gasteiger partial charge on any atom is -0.367 e. The van der Waals surface area contributed by atoms with E-state index in [0.717, 1.165) is 0 Å². The highest BCUT2D eigenvalue weighted by atomic mass is 16.7. The molecule has 0 bridgehead atoms. The van der Waals surface area contributed by atoms with Gasteiger partial charge in [0.2, 0.25) is 5.91 Å². The van der Waals surface area contributed by atoms with Gasteiger partial charge in [-0.25, -0.2) is 4.79 Å². The predicted molar refractivity (Wildman–Crippen MR) is 68.6 cm³/mol. The summed E-state index contributed by atoms with van der Waals surface area (Å²) in [7, 11) is 0. The van der Waals surface area contributed by atoms with Crippen LogP contribution in [0.25, 0.3) is 0 Å². The minimum atomic E-state index is -0.500. The molecule has 0 spiro atoms. The minimum absolute atomic E-state index is 0.0824. The first-order valence-electron chi connectivity index (χ1n) is 6.52. The maximum atomic E-state index is 11.8. The average Bonchev–Trinajstić information content (AvgIpc) is 2.27. The van der Waals surface area contributed by atoms with Gasteiger partial charge in [-0.15, -0.1) is 5.06 Å². The maximum Gasteiger partial charge on any atom is 0.330 e. The molecule has 5 nitrogen and oxygen atoms in total. The van der Waals surface area contributed by atoms with Crippen molar-refractivity contribution >= 4 is 11.9 Å². The van der Waals surface area contributed by atoms with E-state index in [1.807, 2.05) is 39.5 Å². The Balaban J connectivity index is 2.51. The largest absolute Gasteiger partial charge is 0.367 e. The Hall–Kier alpha value is -1.10. The molecular weight excluding hydrogens is 232 g/mol. The molecule has 5 heteroatoms. The summed E-state index contributed by atoms with van der Waals surface area (Å²) in [4.78, 5) is 30.6. The van der Waals surface area contributed by atoms with Crippen molar-refractivity contribution in [1.29, 1.82) is 0 Å². The zero-order chi connectivity index (χ0) is 13.9. The van der Waals surface area contributed by atoms with Crippen molar-refractivity contribution in [2.75, 3.05) is 19.6 Å². The van der Waals surface area contributed by atoms with E-state index in [1.165, 1.54) is 0 Å². The first-order valence-corrected chi connectivity index (χ1v) is 6.52. The van der Waals surface area contributed by atoms with Crippen LogP contribution < -0.4 is 0 Å². The third kappa shape index (κ3) is 3.70. The summed E-state index contributed by atoms with van der Waals surface area (Å²) < 4.78 is 0. The second kappa shape index (κ2) is 5.69. The fourth-order valence-electron chi connectivity index (χ4n) is 1.83. The molecule has 1 saturated heterocycles. The van der Waals surface area contributed by atoms with Gasteiger partial charge in [-0.05, 0) is 27.7 Å². The van der Waals surface area contributed by atoms with Crippen LogP contribution in [0.4, 0.5) is 0 Å². The van der Waals surface area contributed by atoms with E-state index in [-0.39, 0.29) is 17.9 Å². The van der Waals surface area contributed by atoms with Crippen LogP contribution in [0.3, 0.4) is 0 Å². The molecule has 0 aromatic carbocycles. The summed E-state index contributed by atoms with van der Waals surface area (Å²) >= 11 is 0. The van der Waals surface area contributed by atoms with Crippen molar-refractivity contribution in [3.05, 3.63) is 0 Å². The topological polar surface area (TPSA) is 49.9 Å². The van der Waals surface area contributed by atoms with E-state index in [9.17, 15) is 9.59 Å². The number of carbonyl (C=O) groups is 2. The van der Waals surface area contributed by atoms with Crippen LogP contribution in [0.1, 0.15) is 41.0 Å². The van der Waals surface area contributed by atoms with Crippen molar-refractivity contribution in [2.45, 2.75) is 47.1 Å². The third-order valence-electron chi connectivity index (χ3n) is 3.04. The molecule has 1 atom stereocenters. The van der Waals surface area contributed by atoms with Crippen LogP contribution in [-0.2, 0) is 14.4 Å². The van der Waals surface area contributed by atoms with Crippen molar-refractivity contribution in [2.24, 2.45) is 5.41 Å². The van der Waals surface area contributed by atoms with Gasteiger partial charge in [-0.1, -0.05) is 6.92 Å². The normalized spacial score (nSPS) is 21.8. The second-order valence-electron chi connectivity index (χ2n) is 5.81. The summed E-state index contributed by atoms with van der Waals surface area (Å²) in [5, 5.41) is 1.66. The van der Waals surface area contributed by atoms with Crippen molar-refractivity contribution in [1.82, 2.24) is 9.96 Å². The van der Waals surface area contributed by atoms with Gasteiger partial charge in [0, 0.05) is 19.0 Å². The SMILES string of the molecule is CCC(=O)N1CCN(OC(=O)C(C)(C)C)C[C@H]1C. The third-order valence-corrected chi connectivity index (χ3v) is 3.04. The number of amides is 1. The Morgan fingerprint density at radius 1 is 1.28 bits per heavy atom. The molecule has 104 valence electrons. The number of piperazine rings is 1. The summed E-state index contributed by atoms with van der Waals surface area (Å²) in [6, 6.07) is 0.0824. The van der Waals surface area contributed by atoms with Crippen molar-refractivity contribution < 1.29 is 14.4 Å². The summed E-state index contributed by atoms with van der Waals surface area (Å²) in [6.07, 6.45) is 0.520. The molecule has 18 heavy (non-hydrogen) atoms.